The van der Waals surface area contributed by atoms with Gasteiger partial charge in [0.25, 0.3) is 0 Å². The fraction of sp³-hybridized carbons (Fsp3) is 0.538. The molecule has 0 amide bonds. The van der Waals surface area contributed by atoms with Crippen LogP contribution in [0.15, 0.2) is 4.90 Å². The predicted octanol–water partition coefficient (Wildman–Crippen LogP) is 2.91. The Morgan fingerprint density at radius 3 is 2.29 bits per heavy atom. The molecule has 4 heteroatoms. The smallest absolute Gasteiger partial charge is 0.187 e. The van der Waals surface area contributed by atoms with E-state index in [0.29, 0.717) is 4.90 Å². The minimum atomic E-state index is -1.94. The fourth-order valence-corrected chi connectivity index (χ4v) is 3.31. The summed E-state index contributed by atoms with van der Waals surface area (Å²) in [7, 11) is 0. The highest BCUT2D eigenvalue weighted by atomic mass is 32.2. The second kappa shape index (κ2) is 3.82. The molecule has 0 saturated carbocycles. The molecule has 1 aliphatic rings. The number of rotatable bonds is 1. The minimum Gasteiger partial charge on any atom is -0.487 e. The standard InChI is InChI=1S/C13H18O3S/c1-7-8(2)12(17(14)15)9(3)10-6-13(4,5)16-11(7)10/h6H2,1-5H3,(H,14,15). The zero-order chi connectivity index (χ0) is 13.0. The zero-order valence-corrected chi connectivity index (χ0v) is 11.7. The van der Waals surface area contributed by atoms with Crippen LogP contribution in [0.1, 0.15) is 36.1 Å². The SMILES string of the molecule is Cc1c(C)c(S(=O)O)c(C)c2c1OC(C)(C)C2. The van der Waals surface area contributed by atoms with Crippen molar-refractivity contribution in [3.63, 3.8) is 0 Å². The molecule has 94 valence electrons. The quantitative estimate of drug-likeness (QED) is 0.784. The number of hydrogen-bond donors (Lipinski definition) is 1. The van der Waals surface area contributed by atoms with E-state index in [9.17, 15) is 8.76 Å². The second-order valence-electron chi connectivity index (χ2n) is 5.30. The van der Waals surface area contributed by atoms with E-state index in [0.717, 1.165) is 34.4 Å². The van der Waals surface area contributed by atoms with E-state index in [1.165, 1.54) is 0 Å². The highest BCUT2D eigenvalue weighted by Crippen LogP contribution is 2.43. The van der Waals surface area contributed by atoms with Crippen LogP contribution in [0.2, 0.25) is 0 Å². The molecule has 0 fully saturated rings. The Hall–Kier alpha value is -0.870. The maximum absolute atomic E-state index is 11.4. The summed E-state index contributed by atoms with van der Waals surface area (Å²) in [6, 6.07) is 0. The van der Waals surface area contributed by atoms with Crippen LogP contribution >= 0.6 is 0 Å². The van der Waals surface area contributed by atoms with E-state index in [-0.39, 0.29) is 5.60 Å². The molecular formula is C13H18O3S. The van der Waals surface area contributed by atoms with Gasteiger partial charge in [-0.1, -0.05) is 0 Å². The van der Waals surface area contributed by atoms with Crippen molar-refractivity contribution in [1.82, 2.24) is 0 Å². The first-order valence-corrected chi connectivity index (χ1v) is 6.78. The van der Waals surface area contributed by atoms with Crippen LogP contribution in [-0.4, -0.2) is 14.4 Å². The third kappa shape index (κ3) is 1.89. The first kappa shape index (κ1) is 12.6. The Bertz CT molecular complexity index is 518. The number of benzene rings is 1. The molecule has 0 spiro atoms. The lowest BCUT2D eigenvalue weighted by Crippen LogP contribution is -2.24. The summed E-state index contributed by atoms with van der Waals surface area (Å²) in [5.74, 6) is 0.902. The summed E-state index contributed by atoms with van der Waals surface area (Å²) in [6.45, 7) is 9.80. The molecule has 0 saturated heterocycles. The molecule has 1 aromatic carbocycles. The van der Waals surface area contributed by atoms with Gasteiger partial charge in [-0.15, -0.1) is 0 Å². The second-order valence-corrected chi connectivity index (χ2v) is 6.21. The van der Waals surface area contributed by atoms with Gasteiger partial charge in [-0.3, -0.25) is 0 Å². The fourth-order valence-electron chi connectivity index (χ4n) is 2.51. The van der Waals surface area contributed by atoms with Crippen molar-refractivity contribution in [1.29, 1.82) is 0 Å². The lowest BCUT2D eigenvalue weighted by Gasteiger charge is -2.18. The van der Waals surface area contributed by atoms with E-state index < -0.39 is 11.1 Å². The van der Waals surface area contributed by atoms with Gasteiger partial charge < -0.3 is 9.29 Å². The molecule has 1 unspecified atom stereocenters. The van der Waals surface area contributed by atoms with Crippen LogP contribution < -0.4 is 4.74 Å². The Morgan fingerprint density at radius 2 is 1.76 bits per heavy atom. The summed E-state index contributed by atoms with van der Waals surface area (Å²) in [4.78, 5) is 0.544. The van der Waals surface area contributed by atoms with E-state index in [1.807, 2.05) is 34.6 Å². The molecule has 1 atom stereocenters. The van der Waals surface area contributed by atoms with Crippen LogP contribution in [-0.2, 0) is 17.5 Å². The lowest BCUT2D eigenvalue weighted by molar-refractivity contribution is 0.137. The van der Waals surface area contributed by atoms with Gasteiger partial charge >= 0.3 is 0 Å². The van der Waals surface area contributed by atoms with Crippen molar-refractivity contribution in [2.75, 3.05) is 0 Å². The van der Waals surface area contributed by atoms with Crippen molar-refractivity contribution in [2.45, 2.75) is 51.5 Å². The Morgan fingerprint density at radius 1 is 1.18 bits per heavy atom. The number of hydrogen-bond acceptors (Lipinski definition) is 2. The highest BCUT2D eigenvalue weighted by molar-refractivity contribution is 7.79. The summed E-state index contributed by atoms with van der Waals surface area (Å²) >= 11 is -1.94. The van der Waals surface area contributed by atoms with Gasteiger partial charge in [0, 0.05) is 12.0 Å². The molecule has 1 aliphatic heterocycles. The molecule has 0 radical (unpaired) electrons. The molecule has 17 heavy (non-hydrogen) atoms. The van der Waals surface area contributed by atoms with Gasteiger partial charge in [0.2, 0.25) is 0 Å². The summed E-state index contributed by atoms with van der Waals surface area (Å²) in [5.41, 5.74) is 3.60. The molecule has 1 aromatic rings. The zero-order valence-electron chi connectivity index (χ0n) is 10.9. The maximum atomic E-state index is 11.4. The summed E-state index contributed by atoms with van der Waals surface area (Å²) < 4.78 is 26.8. The minimum absolute atomic E-state index is 0.222. The monoisotopic (exact) mass is 254 g/mol. The topological polar surface area (TPSA) is 46.5 Å². The van der Waals surface area contributed by atoms with Crippen molar-refractivity contribution in [3.8, 4) is 5.75 Å². The first-order chi connectivity index (χ1) is 7.74. The largest absolute Gasteiger partial charge is 0.487 e. The van der Waals surface area contributed by atoms with E-state index in [4.69, 9.17) is 4.74 Å². The van der Waals surface area contributed by atoms with Gasteiger partial charge in [-0.05, 0) is 51.3 Å². The van der Waals surface area contributed by atoms with Crippen molar-refractivity contribution in [3.05, 3.63) is 22.3 Å². The van der Waals surface area contributed by atoms with Gasteiger partial charge in [0.1, 0.15) is 11.4 Å². The predicted molar refractivity (Wildman–Crippen MR) is 68.1 cm³/mol. The van der Waals surface area contributed by atoms with E-state index in [1.54, 1.807) is 0 Å². The van der Waals surface area contributed by atoms with Crippen LogP contribution in [0.5, 0.6) is 5.75 Å². The Kier molecular flexibility index (Phi) is 2.83. The molecule has 1 heterocycles. The molecule has 2 rings (SSSR count). The molecular weight excluding hydrogens is 236 g/mol. The van der Waals surface area contributed by atoms with Gasteiger partial charge in [-0.25, -0.2) is 4.21 Å². The molecule has 0 aliphatic carbocycles. The third-order valence-corrected chi connectivity index (χ3v) is 4.43. The van der Waals surface area contributed by atoms with Gasteiger partial charge in [0.15, 0.2) is 11.1 Å². The maximum Gasteiger partial charge on any atom is 0.187 e. The van der Waals surface area contributed by atoms with E-state index >= 15 is 0 Å². The van der Waals surface area contributed by atoms with Crippen LogP contribution in [0.25, 0.3) is 0 Å². The average molecular weight is 254 g/mol. The van der Waals surface area contributed by atoms with E-state index in [2.05, 4.69) is 0 Å². The van der Waals surface area contributed by atoms with Crippen LogP contribution in [0.3, 0.4) is 0 Å². The van der Waals surface area contributed by atoms with Crippen molar-refractivity contribution in [2.24, 2.45) is 0 Å². The number of ether oxygens (including phenoxy) is 1. The molecule has 0 aromatic heterocycles. The average Bonchev–Trinajstić information content (AvgIpc) is 2.51. The van der Waals surface area contributed by atoms with Crippen LogP contribution in [0.4, 0.5) is 0 Å². The summed E-state index contributed by atoms with van der Waals surface area (Å²) in [6.07, 6.45) is 0.791. The normalized spacial score (nSPS) is 18.7. The number of fused-ring (bicyclic) bond motifs is 1. The van der Waals surface area contributed by atoms with Crippen molar-refractivity contribution < 1.29 is 13.5 Å². The molecule has 0 bridgehead atoms. The van der Waals surface area contributed by atoms with Gasteiger partial charge in [-0.2, -0.15) is 0 Å². The highest BCUT2D eigenvalue weighted by Gasteiger charge is 2.34. The Balaban J connectivity index is 2.74. The first-order valence-electron chi connectivity index (χ1n) is 5.67. The Labute approximate surface area is 104 Å². The molecule has 3 nitrogen and oxygen atoms in total. The summed E-state index contributed by atoms with van der Waals surface area (Å²) in [5, 5.41) is 0. The van der Waals surface area contributed by atoms with Gasteiger partial charge in [0.05, 0.1) is 4.90 Å². The van der Waals surface area contributed by atoms with Crippen molar-refractivity contribution >= 4 is 11.1 Å². The molecule has 1 N–H and O–H groups in total. The lowest BCUT2D eigenvalue weighted by atomic mass is 9.94. The van der Waals surface area contributed by atoms with Crippen LogP contribution in [0, 0.1) is 20.8 Å². The third-order valence-electron chi connectivity index (χ3n) is 3.47.